The Kier molecular flexibility index (Phi) is 7.51. The molecule has 3 N–H and O–H groups in total. The van der Waals surface area contributed by atoms with E-state index in [2.05, 4.69) is 5.32 Å². The lowest BCUT2D eigenvalue weighted by atomic mass is 10.2. The number of aromatic nitrogens is 1. The van der Waals surface area contributed by atoms with E-state index in [9.17, 15) is 27.9 Å². The summed E-state index contributed by atoms with van der Waals surface area (Å²) in [5.41, 5.74) is 1.38. The van der Waals surface area contributed by atoms with Crippen LogP contribution in [0.5, 0.6) is 0 Å². The number of carboxylic acid groups (broad SMARTS) is 2. The van der Waals surface area contributed by atoms with Gasteiger partial charge in [0, 0.05) is 11.9 Å². The number of aliphatic carboxylic acids is 1. The van der Waals surface area contributed by atoms with Crippen molar-refractivity contribution in [2.75, 3.05) is 24.7 Å². The molecule has 0 aliphatic rings. The van der Waals surface area contributed by atoms with E-state index in [-0.39, 0.29) is 17.9 Å². The molecule has 3 aromatic rings. The van der Waals surface area contributed by atoms with Crippen LogP contribution in [-0.4, -0.2) is 64.7 Å². The second-order valence-corrected chi connectivity index (χ2v) is 10.2. The van der Waals surface area contributed by atoms with E-state index in [4.69, 9.17) is 28.3 Å². The maximum Gasteiger partial charge on any atom is 0.352 e. The average molecular weight is 528 g/mol. The maximum absolute atomic E-state index is 12.5. The second kappa shape index (κ2) is 10.0. The van der Waals surface area contributed by atoms with E-state index in [1.165, 1.54) is 16.7 Å². The van der Waals surface area contributed by atoms with Crippen LogP contribution in [0.3, 0.4) is 0 Å². The summed E-state index contributed by atoms with van der Waals surface area (Å²) in [6, 6.07) is 11.1. The number of nitrogens with zero attached hydrogens (tertiary/aromatic N) is 2. The van der Waals surface area contributed by atoms with Crippen LogP contribution in [0, 0.1) is 0 Å². The van der Waals surface area contributed by atoms with Gasteiger partial charge in [0.2, 0.25) is 15.9 Å². The highest BCUT2D eigenvalue weighted by Gasteiger charge is 2.24. The van der Waals surface area contributed by atoms with E-state index < -0.39 is 41.0 Å². The van der Waals surface area contributed by atoms with Crippen LogP contribution in [-0.2, 0) is 26.2 Å². The summed E-state index contributed by atoms with van der Waals surface area (Å²) in [5.74, 6) is -3.39. The molecule has 0 fully saturated rings. The van der Waals surface area contributed by atoms with Crippen LogP contribution in [0.25, 0.3) is 10.9 Å². The number of carbonyl (C=O) groups is 3. The van der Waals surface area contributed by atoms with Gasteiger partial charge >= 0.3 is 11.9 Å². The van der Waals surface area contributed by atoms with E-state index in [0.717, 1.165) is 6.26 Å². The highest BCUT2D eigenvalue weighted by molar-refractivity contribution is 7.88. The van der Waals surface area contributed by atoms with E-state index in [0.29, 0.717) is 30.8 Å². The molecule has 0 saturated carbocycles. The summed E-state index contributed by atoms with van der Waals surface area (Å²) in [5, 5.41) is 22.3. The Labute approximate surface area is 204 Å². The Morgan fingerprint density at radius 3 is 2.32 bits per heavy atom. The van der Waals surface area contributed by atoms with Gasteiger partial charge in [-0.15, -0.1) is 0 Å². The third kappa shape index (κ3) is 5.86. The molecule has 180 valence electrons. The van der Waals surface area contributed by atoms with Gasteiger partial charge in [-0.2, -0.15) is 4.31 Å². The number of sulfonamides is 1. The fraction of sp³-hybridized carbons (Fsp3) is 0.190. The smallest absolute Gasteiger partial charge is 0.352 e. The predicted octanol–water partition coefficient (Wildman–Crippen LogP) is 2.98. The Morgan fingerprint density at radius 1 is 1.03 bits per heavy atom. The van der Waals surface area contributed by atoms with Crippen molar-refractivity contribution in [3.05, 3.63) is 63.8 Å². The molecule has 1 amide bonds. The Hall–Kier alpha value is -3.12. The fourth-order valence-corrected chi connectivity index (χ4v) is 4.37. The molecular weight excluding hydrogens is 509 g/mol. The molecular formula is C21H19Cl2N3O7S. The topological polar surface area (TPSA) is 146 Å². The van der Waals surface area contributed by atoms with Crippen LogP contribution in [0.2, 0.25) is 10.0 Å². The number of carbonyl (C=O) groups excluding carboxylic acids is 1. The van der Waals surface area contributed by atoms with Crippen molar-refractivity contribution < 1.29 is 33.0 Å². The second-order valence-electron chi connectivity index (χ2n) is 7.38. The van der Waals surface area contributed by atoms with Crippen molar-refractivity contribution in [1.29, 1.82) is 0 Å². The fourth-order valence-electron chi connectivity index (χ4n) is 3.35. The van der Waals surface area contributed by atoms with Crippen LogP contribution >= 0.6 is 23.2 Å². The quantitative estimate of drug-likeness (QED) is 0.387. The number of anilines is 1. The molecule has 0 radical (unpaired) electrons. The lowest BCUT2D eigenvalue weighted by Gasteiger charge is -2.17. The molecule has 0 bridgehead atoms. The number of hydrogen-bond donors (Lipinski definition) is 3. The Morgan fingerprint density at radius 2 is 1.74 bits per heavy atom. The molecule has 3 rings (SSSR count). The van der Waals surface area contributed by atoms with Crippen molar-refractivity contribution in [1.82, 2.24) is 8.87 Å². The molecule has 1 aromatic heterocycles. The minimum atomic E-state index is -3.96. The number of aromatic carboxylic acids is 1. The number of rotatable bonds is 9. The third-order valence-corrected chi connectivity index (χ3v) is 6.80. The van der Waals surface area contributed by atoms with Gasteiger partial charge in [-0.3, -0.25) is 9.59 Å². The standard InChI is InChI=1S/C21H19Cl2N3O7S/c1-34(32,33)25(11-20(28)29)10-19(27)24-16-3-2-4-17-13(16)8-18(21(30)31)26(17)9-12-5-6-14(22)15(23)7-12/h2-8H,9-11H2,1H3,(H,24,27)(H,28,29)(H,30,31). The van der Waals surface area contributed by atoms with Crippen LogP contribution in [0.15, 0.2) is 42.5 Å². The summed E-state index contributed by atoms with van der Waals surface area (Å²) in [6.45, 7) is -1.45. The molecule has 34 heavy (non-hydrogen) atoms. The highest BCUT2D eigenvalue weighted by Crippen LogP contribution is 2.29. The number of carboxylic acids is 2. The number of nitrogens with one attached hydrogen (secondary N) is 1. The van der Waals surface area contributed by atoms with Gasteiger partial charge in [-0.05, 0) is 35.9 Å². The van der Waals surface area contributed by atoms with E-state index in [1.54, 1.807) is 30.3 Å². The summed E-state index contributed by atoms with van der Waals surface area (Å²) >= 11 is 12.0. The number of fused-ring (bicyclic) bond motifs is 1. The maximum atomic E-state index is 12.5. The predicted molar refractivity (Wildman–Crippen MR) is 127 cm³/mol. The lowest BCUT2D eigenvalue weighted by molar-refractivity contribution is -0.137. The number of benzene rings is 2. The van der Waals surface area contributed by atoms with Crippen molar-refractivity contribution in [2.45, 2.75) is 6.54 Å². The first-order valence-electron chi connectivity index (χ1n) is 9.63. The Balaban J connectivity index is 1.96. The average Bonchev–Trinajstić information content (AvgIpc) is 3.09. The van der Waals surface area contributed by atoms with Crippen molar-refractivity contribution >= 4 is 67.7 Å². The van der Waals surface area contributed by atoms with Crippen LogP contribution in [0.4, 0.5) is 5.69 Å². The number of hydrogen-bond acceptors (Lipinski definition) is 5. The molecule has 10 nitrogen and oxygen atoms in total. The normalized spacial score (nSPS) is 11.6. The van der Waals surface area contributed by atoms with Crippen molar-refractivity contribution in [2.24, 2.45) is 0 Å². The number of amides is 1. The van der Waals surface area contributed by atoms with Crippen LogP contribution < -0.4 is 5.32 Å². The molecule has 0 aliphatic heterocycles. The number of halogens is 2. The molecule has 0 atom stereocenters. The first-order valence-corrected chi connectivity index (χ1v) is 12.2. The molecule has 2 aromatic carbocycles. The Bertz CT molecular complexity index is 1400. The first kappa shape index (κ1) is 25.5. The molecule has 1 heterocycles. The zero-order valence-corrected chi connectivity index (χ0v) is 20.0. The van der Waals surface area contributed by atoms with Gasteiger partial charge in [0.25, 0.3) is 0 Å². The zero-order chi connectivity index (χ0) is 25.2. The largest absolute Gasteiger partial charge is 0.480 e. The lowest BCUT2D eigenvalue weighted by Crippen LogP contribution is -2.40. The minimum Gasteiger partial charge on any atom is -0.480 e. The summed E-state index contributed by atoms with van der Waals surface area (Å²) < 4.78 is 25.7. The highest BCUT2D eigenvalue weighted by atomic mass is 35.5. The van der Waals surface area contributed by atoms with Crippen LogP contribution in [0.1, 0.15) is 16.1 Å². The third-order valence-electron chi connectivity index (χ3n) is 4.86. The SMILES string of the molecule is CS(=O)(=O)N(CC(=O)O)CC(=O)Nc1cccc2c1cc(C(=O)O)n2Cc1ccc(Cl)c(Cl)c1. The van der Waals surface area contributed by atoms with E-state index >= 15 is 0 Å². The van der Waals surface area contributed by atoms with Gasteiger partial charge in [-0.25, -0.2) is 13.2 Å². The van der Waals surface area contributed by atoms with Gasteiger partial charge < -0.3 is 20.1 Å². The first-order chi connectivity index (χ1) is 15.9. The van der Waals surface area contributed by atoms with E-state index in [1.807, 2.05) is 0 Å². The van der Waals surface area contributed by atoms with Crippen molar-refractivity contribution in [3.8, 4) is 0 Å². The minimum absolute atomic E-state index is 0.0496. The van der Waals surface area contributed by atoms with Gasteiger partial charge in [-0.1, -0.05) is 35.3 Å². The molecule has 0 spiro atoms. The van der Waals surface area contributed by atoms with Crippen molar-refractivity contribution in [3.63, 3.8) is 0 Å². The monoisotopic (exact) mass is 527 g/mol. The molecule has 0 aliphatic carbocycles. The molecule has 0 unspecified atom stereocenters. The summed E-state index contributed by atoms with van der Waals surface area (Å²) in [6.07, 6.45) is 0.798. The molecule has 13 heteroatoms. The molecule has 0 saturated heterocycles. The summed E-state index contributed by atoms with van der Waals surface area (Å²) in [4.78, 5) is 35.4. The zero-order valence-electron chi connectivity index (χ0n) is 17.7. The van der Waals surface area contributed by atoms with Gasteiger partial charge in [0.1, 0.15) is 12.2 Å². The van der Waals surface area contributed by atoms with Gasteiger partial charge in [0.15, 0.2) is 0 Å². The summed E-state index contributed by atoms with van der Waals surface area (Å²) in [7, 11) is -3.96. The van der Waals surface area contributed by atoms with Gasteiger partial charge in [0.05, 0.1) is 34.0 Å².